The molecule has 0 aromatic carbocycles. The van der Waals surface area contributed by atoms with Gasteiger partial charge in [-0.25, -0.2) is 0 Å². The third kappa shape index (κ3) is 1.89. The Labute approximate surface area is 82.4 Å². The van der Waals surface area contributed by atoms with Crippen LogP contribution in [0.2, 0.25) is 0 Å². The third-order valence-corrected chi connectivity index (χ3v) is 2.48. The fourth-order valence-corrected chi connectivity index (χ4v) is 1.70. The Kier molecular flexibility index (Phi) is 2.72. The van der Waals surface area contributed by atoms with Crippen LogP contribution in [-0.2, 0) is 0 Å². The van der Waals surface area contributed by atoms with Gasteiger partial charge in [-0.2, -0.15) is 15.4 Å². The van der Waals surface area contributed by atoms with Gasteiger partial charge in [0, 0.05) is 0 Å². The van der Waals surface area contributed by atoms with E-state index in [1.165, 1.54) is 19.0 Å². The molecule has 1 heterocycles. The van der Waals surface area contributed by atoms with Gasteiger partial charge in [0.15, 0.2) is 5.69 Å². The SMILES string of the molecule is O=C(C1=CCCCCC1)c1cn[nH]n1. The van der Waals surface area contributed by atoms with Gasteiger partial charge in [0.05, 0.1) is 6.20 Å². The highest BCUT2D eigenvalue weighted by Gasteiger charge is 2.15. The molecule has 0 spiro atoms. The number of hydrogen-bond acceptors (Lipinski definition) is 3. The molecule has 0 bridgehead atoms. The van der Waals surface area contributed by atoms with E-state index in [0.29, 0.717) is 5.69 Å². The summed E-state index contributed by atoms with van der Waals surface area (Å²) in [6.07, 6.45) is 8.93. The quantitative estimate of drug-likeness (QED) is 0.726. The van der Waals surface area contributed by atoms with Crippen molar-refractivity contribution in [3.05, 3.63) is 23.5 Å². The average molecular weight is 191 g/mol. The zero-order chi connectivity index (χ0) is 9.80. The first-order chi connectivity index (χ1) is 6.88. The molecule has 0 saturated heterocycles. The molecule has 1 aliphatic rings. The topological polar surface area (TPSA) is 58.6 Å². The molecule has 0 amide bonds. The van der Waals surface area contributed by atoms with Crippen LogP contribution in [0, 0.1) is 0 Å². The van der Waals surface area contributed by atoms with E-state index in [0.717, 1.165) is 24.8 Å². The van der Waals surface area contributed by atoms with E-state index in [2.05, 4.69) is 15.4 Å². The summed E-state index contributed by atoms with van der Waals surface area (Å²) in [7, 11) is 0. The molecule has 0 aliphatic heterocycles. The number of Topliss-reactive ketones (excluding diaryl/α,β-unsaturated/α-hetero) is 1. The lowest BCUT2D eigenvalue weighted by Gasteiger charge is -1.99. The lowest BCUT2D eigenvalue weighted by atomic mass is 10.0. The van der Waals surface area contributed by atoms with E-state index < -0.39 is 0 Å². The molecule has 14 heavy (non-hydrogen) atoms. The van der Waals surface area contributed by atoms with E-state index in [9.17, 15) is 4.79 Å². The smallest absolute Gasteiger partial charge is 0.210 e. The molecule has 1 aliphatic carbocycles. The lowest BCUT2D eigenvalue weighted by molar-refractivity contribution is 0.102. The van der Waals surface area contributed by atoms with E-state index >= 15 is 0 Å². The van der Waals surface area contributed by atoms with E-state index in [4.69, 9.17) is 0 Å². The fraction of sp³-hybridized carbons (Fsp3) is 0.500. The van der Waals surface area contributed by atoms with E-state index in [1.807, 2.05) is 6.08 Å². The molecule has 1 aromatic heterocycles. The number of H-pyrrole nitrogens is 1. The summed E-state index contributed by atoms with van der Waals surface area (Å²) in [5, 5.41) is 9.89. The molecular weight excluding hydrogens is 178 g/mol. The van der Waals surface area contributed by atoms with Crippen LogP contribution in [0.25, 0.3) is 0 Å². The Hall–Kier alpha value is -1.45. The van der Waals surface area contributed by atoms with Gasteiger partial charge >= 0.3 is 0 Å². The summed E-state index contributed by atoms with van der Waals surface area (Å²) < 4.78 is 0. The largest absolute Gasteiger partial charge is 0.287 e. The van der Waals surface area contributed by atoms with E-state index in [-0.39, 0.29) is 5.78 Å². The van der Waals surface area contributed by atoms with Crippen LogP contribution in [0.5, 0.6) is 0 Å². The van der Waals surface area contributed by atoms with Crippen LogP contribution in [0.3, 0.4) is 0 Å². The standard InChI is InChI=1S/C10H13N3O/c14-10(9-7-11-13-12-9)8-5-3-1-2-4-6-8/h5,7H,1-4,6H2,(H,11,12,13). The zero-order valence-corrected chi connectivity index (χ0v) is 7.99. The number of hydrogen-bond donors (Lipinski definition) is 1. The Morgan fingerprint density at radius 2 is 2.29 bits per heavy atom. The van der Waals surface area contributed by atoms with E-state index in [1.54, 1.807) is 0 Å². The molecule has 4 heteroatoms. The molecular formula is C10H13N3O. The Balaban J connectivity index is 2.14. The van der Waals surface area contributed by atoms with Crippen LogP contribution in [0.4, 0.5) is 0 Å². The van der Waals surface area contributed by atoms with Crippen LogP contribution in [0.1, 0.15) is 42.6 Å². The highest BCUT2D eigenvalue weighted by atomic mass is 16.1. The van der Waals surface area contributed by atoms with Crippen molar-refractivity contribution in [2.24, 2.45) is 0 Å². The van der Waals surface area contributed by atoms with Gasteiger partial charge in [-0.3, -0.25) is 4.79 Å². The van der Waals surface area contributed by atoms with Crippen molar-refractivity contribution in [2.75, 3.05) is 0 Å². The normalized spacial score (nSPS) is 17.3. The monoisotopic (exact) mass is 191 g/mol. The zero-order valence-electron chi connectivity index (χ0n) is 7.99. The van der Waals surface area contributed by atoms with Crippen molar-refractivity contribution < 1.29 is 4.79 Å². The first kappa shape index (κ1) is 9.12. The van der Waals surface area contributed by atoms with Crippen molar-refractivity contribution >= 4 is 5.78 Å². The van der Waals surface area contributed by atoms with Gasteiger partial charge in [0.25, 0.3) is 0 Å². The second-order valence-corrected chi connectivity index (χ2v) is 3.51. The van der Waals surface area contributed by atoms with Gasteiger partial charge in [-0.05, 0) is 31.3 Å². The second kappa shape index (κ2) is 4.17. The number of ketones is 1. The maximum Gasteiger partial charge on any atom is 0.210 e. The molecule has 0 fully saturated rings. The molecule has 1 aromatic rings. The number of carbonyl (C=O) groups is 1. The second-order valence-electron chi connectivity index (χ2n) is 3.51. The number of aromatic nitrogens is 3. The molecule has 0 atom stereocenters. The average Bonchev–Trinajstić information content (AvgIpc) is 2.59. The summed E-state index contributed by atoms with van der Waals surface area (Å²) >= 11 is 0. The van der Waals surface area contributed by atoms with Crippen LogP contribution in [-0.4, -0.2) is 21.2 Å². The summed E-state index contributed by atoms with van der Waals surface area (Å²) in [6, 6.07) is 0. The Bertz CT molecular complexity index is 340. The van der Waals surface area contributed by atoms with Crippen molar-refractivity contribution in [3.8, 4) is 0 Å². The van der Waals surface area contributed by atoms with Gasteiger partial charge in [0.2, 0.25) is 5.78 Å². The first-order valence-corrected chi connectivity index (χ1v) is 4.97. The maximum absolute atomic E-state index is 11.8. The summed E-state index contributed by atoms with van der Waals surface area (Å²) in [5.74, 6) is 0.0284. The first-order valence-electron chi connectivity index (χ1n) is 4.97. The number of rotatable bonds is 2. The number of nitrogens with one attached hydrogen (secondary N) is 1. The van der Waals surface area contributed by atoms with Gasteiger partial charge < -0.3 is 0 Å². The van der Waals surface area contributed by atoms with Crippen molar-refractivity contribution in [3.63, 3.8) is 0 Å². The molecule has 1 N–H and O–H groups in total. The summed E-state index contributed by atoms with van der Waals surface area (Å²) in [4.78, 5) is 11.8. The van der Waals surface area contributed by atoms with Crippen LogP contribution in [0.15, 0.2) is 17.8 Å². The third-order valence-electron chi connectivity index (χ3n) is 2.48. The van der Waals surface area contributed by atoms with Gasteiger partial charge in [-0.15, -0.1) is 0 Å². The molecule has 74 valence electrons. The van der Waals surface area contributed by atoms with Gasteiger partial charge in [0.1, 0.15) is 0 Å². The van der Waals surface area contributed by atoms with Crippen LogP contribution < -0.4 is 0 Å². The highest BCUT2D eigenvalue weighted by molar-refractivity contribution is 6.07. The number of aromatic amines is 1. The number of nitrogens with zero attached hydrogens (tertiary/aromatic N) is 2. The predicted octanol–water partition coefficient (Wildman–Crippen LogP) is 1.88. The summed E-state index contributed by atoms with van der Waals surface area (Å²) in [6.45, 7) is 0. The van der Waals surface area contributed by atoms with Crippen molar-refractivity contribution in [2.45, 2.75) is 32.1 Å². The van der Waals surface area contributed by atoms with Crippen molar-refractivity contribution in [1.29, 1.82) is 0 Å². The highest BCUT2D eigenvalue weighted by Crippen LogP contribution is 2.19. The predicted molar refractivity (Wildman–Crippen MR) is 51.9 cm³/mol. The van der Waals surface area contributed by atoms with Crippen molar-refractivity contribution in [1.82, 2.24) is 15.4 Å². The Morgan fingerprint density at radius 1 is 1.36 bits per heavy atom. The Morgan fingerprint density at radius 3 is 3.07 bits per heavy atom. The molecule has 0 unspecified atom stereocenters. The minimum absolute atomic E-state index is 0.0284. The molecule has 2 rings (SSSR count). The maximum atomic E-state index is 11.8. The summed E-state index contributed by atoms with van der Waals surface area (Å²) in [5.41, 5.74) is 1.33. The molecule has 0 radical (unpaired) electrons. The van der Waals surface area contributed by atoms with Crippen LogP contribution >= 0.6 is 0 Å². The number of allylic oxidation sites excluding steroid dienone is 2. The van der Waals surface area contributed by atoms with Gasteiger partial charge in [-0.1, -0.05) is 12.5 Å². The lowest BCUT2D eigenvalue weighted by Crippen LogP contribution is -2.03. The minimum atomic E-state index is 0.0284. The fourth-order valence-electron chi connectivity index (χ4n) is 1.70. The molecule has 0 saturated carbocycles. The molecule has 4 nitrogen and oxygen atoms in total. The number of carbonyl (C=O) groups excluding carboxylic acids is 1. The minimum Gasteiger partial charge on any atom is -0.287 e.